The topological polar surface area (TPSA) is 24.9 Å². The van der Waals surface area contributed by atoms with E-state index in [2.05, 4.69) is 17.2 Å². The number of halogens is 1. The molecule has 2 nitrogen and oxygen atoms in total. The largest absolute Gasteiger partial charge is 0.306 e. The van der Waals surface area contributed by atoms with E-state index in [4.69, 9.17) is 0 Å². The minimum Gasteiger partial charge on any atom is -0.306 e. The lowest BCUT2D eigenvalue weighted by Crippen LogP contribution is -2.22. The van der Waals surface area contributed by atoms with Gasteiger partial charge in [-0.1, -0.05) is 13.0 Å². The Hall–Kier alpha value is -1.26. The van der Waals surface area contributed by atoms with Crippen LogP contribution in [0.3, 0.4) is 0 Å². The average Bonchev–Trinajstić information content (AvgIpc) is 2.64. The fraction of sp³-hybridized carbons (Fsp3) is 0.400. The lowest BCUT2D eigenvalue weighted by Gasteiger charge is -2.18. The number of aromatic nitrogens is 1. The van der Waals surface area contributed by atoms with Crippen LogP contribution in [0.15, 0.2) is 18.2 Å². The molecule has 0 aliphatic rings. The number of benzene rings is 1. The maximum Gasteiger partial charge on any atom is 0.123 e. The molecule has 1 aromatic heterocycles. The van der Waals surface area contributed by atoms with Gasteiger partial charge in [0.25, 0.3) is 0 Å². The maximum atomic E-state index is 13.6. The summed E-state index contributed by atoms with van der Waals surface area (Å²) >= 11 is 1.67. The molecule has 0 aliphatic heterocycles. The molecule has 0 amide bonds. The third-order valence-corrected chi connectivity index (χ3v) is 4.15. The molecule has 0 saturated carbocycles. The molecule has 102 valence electrons. The Balaban J connectivity index is 2.47. The molecule has 1 aromatic carbocycles. The number of rotatable bonds is 4. The van der Waals surface area contributed by atoms with Crippen LogP contribution in [-0.4, -0.2) is 11.5 Å². The van der Waals surface area contributed by atoms with E-state index in [1.807, 2.05) is 26.8 Å². The zero-order valence-corrected chi connectivity index (χ0v) is 12.6. The second-order valence-electron chi connectivity index (χ2n) is 4.74. The summed E-state index contributed by atoms with van der Waals surface area (Å²) in [6.45, 7) is 8.82. The maximum absolute atomic E-state index is 13.6. The molecule has 1 atom stereocenters. The summed E-state index contributed by atoms with van der Waals surface area (Å²) in [6.07, 6.45) is 0. The van der Waals surface area contributed by atoms with Crippen LogP contribution in [0.25, 0.3) is 0 Å². The van der Waals surface area contributed by atoms with Crippen molar-refractivity contribution in [1.29, 1.82) is 0 Å². The second-order valence-corrected chi connectivity index (χ2v) is 5.97. The van der Waals surface area contributed by atoms with Crippen LogP contribution in [-0.2, 0) is 0 Å². The molecule has 4 heteroatoms. The Labute approximate surface area is 117 Å². The smallest absolute Gasteiger partial charge is 0.123 e. The van der Waals surface area contributed by atoms with Crippen molar-refractivity contribution in [1.82, 2.24) is 10.3 Å². The van der Waals surface area contributed by atoms with Crippen molar-refractivity contribution in [3.8, 4) is 0 Å². The van der Waals surface area contributed by atoms with E-state index in [1.165, 1.54) is 4.88 Å². The van der Waals surface area contributed by atoms with E-state index in [1.54, 1.807) is 23.5 Å². The standard InChI is InChI=1S/C15H19FN2S/c1-5-17-14(15-10(3)18-11(4)19-15)12-6-9(2)7-13(16)8-12/h6-8,14,17H,5H2,1-4H3. The van der Waals surface area contributed by atoms with Crippen LogP contribution in [0.4, 0.5) is 4.39 Å². The highest BCUT2D eigenvalue weighted by atomic mass is 32.1. The Kier molecular flexibility index (Phi) is 4.32. The van der Waals surface area contributed by atoms with E-state index in [9.17, 15) is 4.39 Å². The van der Waals surface area contributed by atoms with Gasteiger partial charge < -0.3 is 5.32 Å². The summed E-state index contributed by atoms with van der Waals surface area (Å²) in [7, 11) is 0. The normalized spacial score (nSPS) is 12.7. The van der Waals surface area contributed by atoms with Crippen molar-refractivity contribution in [3.63, 3.8) is 0 Å². The highest BCUT2D eigenvalue weighted by Gasteiger charge is 2.19. The van der Waals surface area contributed by atoms with Crippen molar-refractivity contribution >= 4 is 11.3 Å². The Morgan fingerprint density at radius 1 is 1.26 bits per heavy atom. The van der Waals surface area contributed by atoms with Gasteiger partial charge in [0.15, 0.2) is 0 Å². The van der Waals surface area contributed by atoms with Crippen LogP contribution in [0.2, 0.25) is 0 Å². The third-order valence-electron chi connectivity index (χ3n) is 3.01. The predicted octanol–water partition coefficient (Wildman–Crippen LogP) is 3.91. The number of nitrogens with one attached hydrogen (secondary N) is 1. The number of nitrogens with zero attached hydrogens (tertiary/aromatic N) is 1. The number of hydrogen-bond acceptors (Lipinski definition) is 3. The minimum atomic E-state index is -0.184. The first-order valence-corrected chi connectivity index (χ1v) is 7.27. The van der Waals surface area contributed by atoms with Crippen LogP contribution in [0.5, 0.6) is 0 Å². The SMILES string of the molecule is CCNC(c1cc(C)cc(F)c1)c1sc(C)nc1C. The monoisotopic (exact) mass is 278 g/mol. The molecule has 0 saturated heterocycles. The summed E-state index contributed by atoms with van der Waals surface area (Å²) in [5.74, 6) is -0.184. The van der Waals surface area contributed by atoms with Gasteiger partial charge in [0, 0.05) is 4.88 Å². The van der Waals surface area contributed by atoms with Gasteiger partial charge >= 0.3 is 0 Å². The fourth-order valence-electron chi connectivity index (χ4n) is 2.31. The van der Waals surface area contributed by atoms with Crippen LogP contribution in [0.1, 0.15) is 39.7 Å². The van der Waals surface area contributed by atoms with Gasteiger partial charge in [-0.2, -0.15) is 0 Å². The predicted molar refractivity (Wildman–Crippen MR) is 78.2 cm³/mol. The molecular formula is C15H19FN2S. The first-order valence-electron chi connectivity index (χ1n) is 6.45. The van der Waals surface area contributed by atoms with Crippen LogP contribution < -0.4 is 5.32 Å². The van der Waals surface area contributed by atoms with Gasteiger partial charge in [0.2, 0.25) is 0 Å². The number of thiazole rings is 1. The molecule has 2 rings (SSSR count). The van der Waals surface area contributed by atoms with Gasteiger partial charge in [-0.25, -0.2) is 9.37 Å². The number of hydrogen-bond donors (Lipinski definition) is 1. The highest BCUT2D eigenvalue weighted by Crippen LogP contribution is 2.30. The molecule has 1 heterocycles. The zero-order valence-electron chi connectivity index (χ0n) is 11.7. The molecule has 0 radical (unpaired) electrons. The van der Waals surface area contributed by atoms with E-state index in [0.29, 0.717) is 0 Å². The quantitative estimate of drug-likeness (QED) is 0.917. The van der Waals surface area contributed by atoms with Crippen LogP contribution in [0, 0.1) is 26.6 Å². The fourth-order valence-corrected chi connectivity index (χ4v) is 3.34. The lowest BCUT2D eigenvalue weighted by atomic mass is 10.0. The first kappa shape index (κ1) is 14.2. The Bertz CT molecular complexity index is 557. The molecule has 1 unspecified atom stereocenters. The third kappa shape index (κ3) is 3.19. The molecule has 0 spiro atoms. The molecule has 0 aliphatic carbocycles. The summed E-state index contributed by atoms with van der Waals surface area (Å²) in [5, 5.41) is 4.47. The molecule has 0 bridgehead atoms. The Morgan fingerprint density at radius 2 is 2.00 bits per heavy atom. The van der Waals surface area contributed by atoms with Gasteiger partial charge in [-0.05, 0) is 50.6 Å². The highest BCUT2D eigenvalue weighted by molar-refractivity contribution is 7.11. The van der Waals surface area contributed by atoms with Gasteiger partial charge in [0.1, 0.15) is 5.82 Å². The van der Waals surface area contributed by atoms with Crippen molar-refractivity contribution in [2.75, 3.05) is 6.54 Å². The number of aryl methyl sites for hydroxylation is 3. The zero-order chi connectivity index (χ0) is 14.0. The molecule has 0 fully saturated rings. The summed E-state index contributed by atoms with van der Waals surface area (Å²) in [4.78, 5) is 5.64. The van der Waals surface area contributed by atoms with Crippen molar-refractivity contribution in [3.05, 3.63) is 50.7 Å². The molecule has 1 N–H and O–H groups in total. The Morgan fingerprint density at radius 3 is 2.53 bits per heavy atom. The van der Waals surface area contributed by atoms with Crippen molar-refractivity contribution in [2.45, 2.75) is 33.7 Å². The summed E-state index contributed by atoms with van der Waals surface area (Å²) in [6, 6.07) is 5.21. The van der Waals surface area contributed by atoms with Gasteiger partial charge in [-0.3, -0.25) is 0 Å². The first-order chi connectivity index (χ1) is 9.01. The van der Waals surface area contributed by atoms with E-state index in [-0.39, 0.29) is 11.9 Å². The van der Waals surface area contributed by atoms with Crippen LogP contribution >= 0.6 is 11.3 Å². The van der Waals surface area contributed by atoms with Gasteiger partial charge in [0.05, 0.1) is 16.7 Å². The van der Waals surface area contributed by atoms with E-state index >= 15 is 0 Å². The van der Waals surface area contributed by atoms with E-state index in [0.717, 1.165) is 28.4 Å². The molecule has 19 heavy (non-hydrogen) atoms. The van der Waals surface area contributed by atoms with Gasteiger partial charge in [-0.15, -0.1) is 11.3 Å². The van der Waals surface area contributed by atoms with E-state index < -0.39 is 0 Å². The minimum absolute atomic E-state index is 0.0191. The summed E-state index contributed by atoms with van der Waals surface area (Å²) in [5.41, 5.74) is 2.93. The average molecular weight is 278 g/mol. The molecule has 2 aromatic rings. The second kappa shape index (κ2) is 5.80. The molecular weight excluding hydrogens is 259 g/mol. The van der Waals surface area contributed by atoms with Crippen molar-refractivity contribution in [2.24, 2.45) is 0 Å². The van der Waals surface area contributed by atoms with Crippen molar-refractivity contribution < 1.29 is 4.39 Å². The lowest BCUT2D eigenvalue weighted by molar-refractivity contribution is 0.604. The summed E-state index contributed by atoms with van der Waals surface area (Å²) < 4.78 is 13.6.